The Morgan fingerprint density at radius 1 is 1.38 bits per heavy atom. The number of carbonyl (C=O) groups excluding carboxylic acids is 1. The Morgan fingerprint density at radius 2 is 2.08 bits per heavy atom. The Balaban J connectivity index is 1.70. The average Bonchev–Trinajstić information content (AvgIpc) is 2.61. The van der Waals surface area contributed by atoms with Gasteiger partial charge in [0.25, 0.3) is 5.91 Å². The van der Waals surface area contributed by atoms with Crippen LogP contribution < -0.4 is 10.1 Å². The van der Waals surface area contributed by atoms with Crippen LogP contribution in [0.1, 0.15) is 44.6 Å². The molecule has 1 heterocycles. The third-order valence-electron chi connectivity index (χ3n) is 4.73. The van der Waals surface area contributed by atoms with Crippen LogP contribution in [0.3, 0.4) is 0 Å². The van der Waals surface area contributed by atoms with Gasteiger partial charge in [0.2, 0.25) is 0 Å². The van der Waals surface area contributed by atoms with Crippen molar-refractivity contribution < 1.29 is 14.6 Å². The van der Waals surface area contributed by atoms with E-state index in [4.69, 9.17) is 4.74 Å². The molecule has 5 nitrogen and oxygen atoms in total. The SMILES string of the molecule is CC[C@H](C)c1ccccc1OCC(=O)NCCN1CCC(O)CC1. The first-order valence-electron chi connectivity index (χ1n) is 8.99. The van der Waals surface area contributed by atoms with Gasteiger partial charge >= 0.3 is 0 Å². The van der Waals surface area contributed by atoms with E-state index in [1.54, 1.807) is 0 Å². The van der Waals surface area contributed by atoms with Crippen molar-refractivity contribution >= 4 is 5.91 Å². The zero-order valence-corrected chi connectivity index (χ0v) is 14.8. The maximum Gasteiger partial charge on any atom is 0.257 e. The Kier molecular flexibility index (Phi) is 7.53. The summed E-state index contributed by atoms with van der Waals surface area (Å²) in [4.78, 5) is 14.2. The molecule has 0 spiro atoms. The van der Waals surface area contributed by atoms with E-state index in [0.29, 0.717) is 12.5 Å². The summed E-state index contributed by atoms with van der Waals surface area (Å²) < 4.78 is 5.72. The molecule has 0 aliphatic carbocycles. The summed E-state index contributed by atoms with van der Waals surface area (Å²) >= 11 is 0. The van der Waals surface area contributed by atoms with Crippen LogP contribution in [0.4, 0.5) is 0 Å². The maximum atomic E-state index is 12.0. The van der Waals surface area contributed by atoms with Crippen LogP contribution in [0.15, 0.2) is 24.3 Å². The monoisotopic (exact) mass is 334 g/mol. The van der Waals surface area contributed by atoms with E-state index in [1.807, 2.05) is 18.2 Å². The van der Waals surface area contributed by atoms with Gasteiger partial charge in [-0.05, 0) is 36.8 Å². The number of aliphatic hydroxyl groups is 1. The minimum atomic E-state index is -0.158. The van der Waals surface area contributed by atoms with Gasteiger partial charge in [0.15, 0.2) is 6.61 Å². The van der Waals surface area contributed by atoms with Crippen LogP contribution in [-0.4, -0.2) is 54.8 Å². The molecular formula is C19H30N2O3. The van der Waals surface area contributed by atoms with E-state index in [0.717, 1.165) is 50.2 Å². The zero-order valence-electron chi connectivity index (χ0n) is 14.8. The number of amides is 1. The molecule has 134 valence electrons. The number of piperidine rings is 1. The van der Waals surface area contributed by atoms with Crippen molar-refractivity contribution in [1.29, 1.82) is 0 Å². The topological polar surface area (TPSA) is 61.8 Å². The fraction of sp³-hybridized carbons (Fsp3) is 0.632. The number of hydrogen-bond acceptors (Lipinski definition) is 4. The molecular weight excluding hydrogens is 304 g/mol. The number of carbonyl (C=O) groups is 1. The molecule has 24 heavy (non-hydrogen) atoms. The molecule has 2 rings (SSSR count). The number of benzene rings is 1. The predicted molar refractivity (Wildman–Crippen MR) is 95.3 cm³/mol. The average molecular weight is 334 g/mol. The summed E-state index contributed by atoms with van der Waals surface area (Å²) in [5.74, 6) is 1.12. The molecule has 0 saturated carbocycles. The minimum absolute atomic E-state index is 0.0478. The van der Waals surface area contributed by atoms with Crippen molar-refractivity contribution in [2.75, 3.05) is 32.8 Å². The second-order valence-electron chi connectivity index (χ2n) is 6.56. The van der Waals surface area contributed by atoms with Crippen LogP contribution in [0.5, 0.6) is 5.75 Å². The van der Waals surface area contributed by atoms with Crippen molar-refractivity contribution in [2.45, 2.75) is 45.1 Å². The summed E-state index contributed by atoms with van der Waals surface area (Å²) in [6.45, 7) is 7.59. The fourth-order valence-corrected chi connectivity index (χ4v) is 2.93. The second-order valence-corrected chi connectivity index (χ2v) is 6.56. The smallest absolute Gasteiger partial charge is 0.257 e. The highest BCUT2D eigenvalue weighted by molar-refractivity contribution is 5.77. The highest BCUT2D eigenvalue weighted by atomic mass is 16.5. The summed E-state index contributed by atoms with van der Waals surface area (Å²) in [6.07, 6.45) is 2.53. The Hall–Kier alpha value is -1.59. The number of ether oxygens (including phenoxy) is 1. The molecule has 1 atom stereocenters. The Labute approximate surface area is 145 Å². The van der Waals surface area contributed by atoms with Crippen molar-refractivity contribution in [3.05, 3.63) is 29.8 Å². The first kappa shape index (κ1) is 18.7. The van der Waals surface area contributed by atoms with Gasteiger partial charge in [0, 0.05) is 26.2 Å². The van der Waals surface area contributed by atoms with Gasteiger partial charge in [-0.2, -0.15) is 0 Å². The van der Waals surface area contributed by atoms with Crippen LogP contribution in [0.2, 0.25) is 0 Å². The molecule has 2 N–H and O–H groups in total. The number of nitrogens with one attached hydrogen (secondary N) is 1. The largest absolute Gasteiger partial charge is 0.483 e. The number of hydrogen-bond donors (Lipinski definition) is 2. The predicted octanol–water partition coefficient (Wildman–Crippen LogP) is 2.15. The number of para-hydroxylation sites is 1. The quantitative estimate of drug-likeness (QED) is 0.765. The summed E-state index contributed by atoms with van der Waals surface area (Å²) in [5.41, 5.74) is 1.15. The van der Waals surface area contributed by atoms with E-state index in [2.05, 4.69) is 30.1 Å². The van der Waals surface area contributed by atoms with Gasteiger partial charge in [0.05, 0.1) is 6.10 Å². The van der Waals surface area contributed by atoms with Crippen molar-refractivity contribution in [3.63, 3.8) is 0 Å². The lowest BCUT2D eigenvalue weighted by Crippen LogP contribution is -2.41. The van der Waals surface area contributed by atoms with Gasteiger partial charge in [-0.1, -0.05) is 32.0 Å². The third kappa shape index (κ3) is 5.80. The standard InChI is InChI=1S/C19H30N2O3/c1-3-15(2)17-6-4-5-7-18(17)24-14-19(23)20-10-13-21-11-8-16(22)9-12-21/h4-7,15-16,22H,3,8-14H2,1-2H3,(H,20,23)/t15-/m0/s1. The van der Waals surface area contributed by atoms with Gasteiger partial charge in [-0.15, -0.1) is 0 Å². The molecule has 0 bridgehead atoms. The normalized spacial score (nSPS) is 17.5. The van der Waals surface area contributed by atoms with E-state index in [-0.39, 0.29) is 18.6 Å². The number of aliphatic hydroxyl groups excluding tert-OH is 1. The maximum absolute atomic E-state index is 12.0. The lowest BCUT2D eigenvalue weighted by molar-refractivity contribution is -0.123. The first-order valence-corrected chi connectivity index (χ1v) is 8.99. The summed E-state index contributed by atoms with van der Waals surface area (Å²) in [5, 5.41) is 12.4. The molecule has 0 radical (unpaired) electrons. The molecule has 1 saturated heterocycles. The molecule has 1 aromatic carbocycles. The van der Waals surface area contributed by atoms with E-state index in [9.17, 15) is 9.90 Å². The minimum Gasteiger partial charge on any atom is -0.483 e. The molecule has 1 aliphatic heterocycles. The van der Waals surface area contributed by atoms with E-state index >= 15 is 0 Å². The van der Waals surface area contributed by atoms with Crippen LogP contribution in [0.25, 0.3) is 0 Å². The fourth-order valence-electron chi connectivity index (χ4n) is 2.93. The van der Waals surface area contributed by atoms with Gasteiger partial charge < -0.3 is 20.1 Å². The summed E-state index contributed by atoms with van der Waals surface area (Å²) in [6, 6.07) is 7.92. The lowest BCUT2D eigenvalue weighted by Gasteiger charge is -2.29. The molecule has 1 amide bonds. The van der Waals surface area contributed by atoms with Crippen molar-refractivity contribution in [3.8, 4) is 5.75 Å². The highest BCUT2D eigenvalue weighted by Crippen LogP contribution is 2.28. The molecule has 1 aromatic rings. The van der Waals surface area contributed by atoms with Crippen molar-refractivity contribution in [1.82, 2.24) is 10.2 Å². The molecule has 1 aliphatic rings. The molecule has 0 aromatic heterocycles. The second kappa shape index (κ2) is 9.64. The zero-order chi connectivity index (χ0) is 17.4. The van der Waals surface area contributed by atoms with Crippen LogP contribution in [-0.2, 0) is 4.79 Å². The number of likely N-dealkylation sites (tertiary alicyclic amines) is 1. The Bertz CT molecular complexity index is 513. The van der Waals surface area contributed by atoms with Gasteiger partial charge in [0.1, 0.15) is 5.75 Å². The third-order valence-corrected chi connectivity index (χ3v) is 4.73. The Morgan fingerprint density at radius 3 is 2.79 bits per heavy atom. The lowest BCUT2D eigenvalue weighted by atomic mass is 9.98. The van der Waals surface area contributed by atoms with Crippen LogP contribution >= 0.6 is 0 Å². The van der Waals surface area contributed by atoms with Gasteiger partial charge in [-0.3, -0.25) is 4.79 Å². The van der Waals surface area contributed by atoms with E-state index < -0.39 is 0 Å². The van der Waals surface area contributed by atoms with Crippen molar-refractivity contribution in [2.24, 2.45) is 0 Å². The number of nitrogens with zero attached hydrogens (tertiary/aromatic N) is 1. The van der Waals surface area contributed by atoms with E-state index in [1.165, 1.54) is 0 Å². The first-order chi connectivity index (χ1) is 11.6. The summed E-state index contributed by atoms with van der Waals surface area (Å²) in [7, 11) is 0. The molecule has 0 unspecified atom stereocenters. The highest BCUT2D eigenvalue weighted by Gasteiger charge is 2.16. The number of rotatable bonds is 8. The molecule has 5 heteroatoms. The molecule has 1 fully saturated rings. The van der Waals surface area contributed by atoms with Gasteiger partial charge in [-0.25, -0.2) is 0 Å². The van der Waals surface area contributed by atoms with Crippen LogP contribution in [0, 0.1) is 0 Å².